The lowest BCUT2D eigenvalue weighted by atomic mass is 10.1. The van der Waals surface area contributed by atoms with Crippen molar-refractivity contribution in [3.05, 3.63) is 29.3 Å². The molecule has 0 saturated heterocycles. The summed E-state index contributed by atoms with van der Waals surface area (Å²) >= 11 is 6.60. The quantitative estimate of drug-likeness (QED) is 0.748. The minimum atomic E-state index is -3.53. The minimum Gasteiger partial charge on any atom is -0.389 e. The van der Waals surface area contributed by atoms with Gasteiger partial charge >= 0.3 is 0 Å². The Morgan fingerprint density at radius 1 is 1.50 bits per heavy atom. The zero-order valence-corrected chi connectivity index (χ0v) is 14.3. The van der Waals surface area contributed by atoms with Gasteiger partial charge in [0, 0.05) is 17.4 Å². The lowest BCUT2D eigenvalue weighted by molar-refractivity contribution is 0.578. The SMILES string of the molecule is CSC(C)CCNS(=O)(=O)c1cc(C(N)=S)ccc1C. The lowest BCUT2D eigenvalue weighted by Crippen LogP contribution is -2.27. The predicted octanol–water partition coefficient (Wildman–Crippen LogP) is 2.05. The maximum absolute atomic E-state index is 12.3. The van der Waals surface area contributed by atoms with Crippen molar-refractivity contribution in [1.82, 2.24) is 4.72 Å². The summed E-state index contributed by atoms with van der Waals surface area (Å²) in [6.45, 7) is 4.24. The fourth-order valence-electron chi connectivity index (χ4n) is 1.64. The van der Waals surface area contributed by atoms with Gasteiger partial charge in [-0.2, -0.15) is 11.8 Å². The summed E-state index contributed by atoms with van der Waals surface area (Å²) in [4.78, 5) is 0.428. The van der Waals surface area contributed by atoms with Crippen LogP contribution in [0.4, 0.5) is 0 Å². The third kappa shape index (κ3) is 4.73. The number of thioether (sulfide) groups is 1. The number of aryl methyl sites for hydroxylation is 1. The summed E-state index contributed by atoms with van der Waals surface area (Å²) in [5.41, 5.74) is 6.78. The van der Waals surface area contributed by atoms with Gasteiger partial charge in [0.1, 0.15) is 4.99 Å². The van der Waals surface area contributed by atoms with Crippen LogP contribution in [0.15, 0.2) is 23.1 Å². The van der Waals surface area contributed by atoms with Crippen LogP contribution in [0.25, 0.3) is 0 Å². The maximum Gasteiger partial charge on any atom is 0.240 e. The van der Waals surface area contributed by atoms with E-state index < -0.39 is 10.0 Å². The van der Waals surface area contributed by atoms with Crippen LogP contribution in [-0.4, -0.2) is 31.5 Å². The van der Waals surface area contributed by atoms with Crippen LogP contribution in [0.3, 0.4) is 0 Å². The number of hydrogen-bond donors (Lipinski definition) is 2. The molecule has 0 heterocycles. The van der Waals surface area contributed by atoms with Gasteiger partial charge in [0.05, 0.1) is 4.90 Å². The third-order valence-electron chi connectivity index (χ3n) is 3.01. The molecule has 1 aromatic carbocycles. The first-order chi connectivity index (χ1) is 9.27. The highest BCUT2D eigenvalue weighted by Crippen LogP contribution is 2.17. The van der Waals surface area contributed by atoms with Gasteiger partial charge in [0.2, 0.25) is 10.0 Å². The fraction of sp³-hybridized carbons (Fsp3) is 0.462. The molecule has 112 valence electrons. The van der Waals surface area contributed by atoms with Crippen molar-refractivity contribution >= 4 is 39.0 Å². The molecule has 0 aliphatic heterocycles. The van der Waals surface area contributed by atoms with E-state index in [1.807, 2.05) is 6.26 Å². The first-order valence-electron chi connectivity index (χ1n) is 6.21. The highest BCUT2D eigenvalue weighted by atomic mass is 32.2. The number of benzene rings is 1. The van der Waals surface area contributed by atoms with E-state index in [4.69, 9.17) is 18.0 Å². The molecule has 1 aromatic rings. The lowest BCUT2D eigenvalue weighted by Gasteiger charge is -2.12. The van der Waals surface area contributed by atoms with Crippen molar-refractivity contribution in [2.45, 2.75) is 30.4 Å². The number of thiocarbonyl (C=S) groups is 1. The Bertz CT molecular complexity index is 585. The normalized spacial score (nSPS) is 13.2. The second-order valence-electron chi connectivity index (χ2n) is 4.58. The zero-order valence-electron chi connectivity index (χ0n) is 11.8. The van der Waals surface area contributed by atoms with Gasteiger partial charge in [-0.25, -0.2) is 13.1 Å². The van der Waals surface area contributed by atoms with E-state index in [-0.39, 0.29) is 9.88 Å². The van der Waals surface area contributed by atoms with Gasteiger partial charge in [-0.3, -0.25) is 0 Å². The summed E-state index contributed by atoms with van der Waals surface area (Å²) in [7, 11) is -3.53. The van der Waals surface area contributed by atoms with E-state index in [1.165, 1.54) is 6.07 Å². The summed E-state index contributed by atoms with van der Waals surface area (Å²) in [5, 5.41) is 0.418. The van der Waals surface area contributed by atoms with E-state index in [0.29, 0.717) is 22.9 Å². The molecule has 0 saturated carbocycles. The Morgan fingerprint density at radius 2 is 2.15 bits per heavy atom. The first-order valence-corrected chi connectivity index (χ1v) is 9.38. The fourth-order valence-corrected chi connectivity index (χ4v) is 3.43. The average molecular weight is 333 g/mol. The van der Waals surface area contributed by atoms with Gasteiger partial charge in [-0.1, -0.05) is 31.3 Å². The summed E-state index contributed by atoms with van der Waals surface area (Å²) in [5.74, 6) is 0. The molecule has 0 radical (unpaired) electrons. The van der Waals surface area contributed by atoms with Crippen molar-refractivity contribution in [1.29, 1.82) is 0 Å². The van der Waals surface area contributed by atoms with Crippen LogP contribution in [0.1, 0.15) is 24.5 Å². The van der Waals surface area contributed by atoms with Gasteiger partial charge in [-0.15, -0.1) is 0 Å². The molecule has 4 nitrogen and oxygen atoms in total. The van der Waals surface area contributed by atoms with E-state index in [1.54, 1.807) is 30.8 Å². The molecule has 7 heteroatoms. The van der Waals surface area contributed by atoms with Crippen molar-refractivity contribution in [2.75, 3.05) is 12.8 Å². The first kappa shape index (κ1) is 17.4. The standard InChI is InChI=1S/C13H20N2O2S3/c1-9-4-5-11(13(14)18)8-12(9)20(16,17)15-7-6-10(2)19-3/h4-5,8,10,15H,6-7H2,1-3H3,(H2,14,18). The number of hydrogen-bond acceptors (Lipinski definition) is 4. The Kier molecular flexibility index (Phi) is 6.44. The number of nitrogens with one attached hydrogen (secondary N) is 1. The molecule has 1 unspecified atom stereocenters. The van der Waals surface area contributed by atoms with Gasteiger partial charge in [0.15, 0.2) is 0 Å². The van der Waals surface area contributed by atoms with Crippen LogP contribution in [0, 0.1) is 6.92 Å². The van der Waals surface area contributed by atoms with Crippen LogP contribution in [0.5, 0.6) is 0 Å². The van der Waals surface area contributed by atoms with Crippen molar-refractivity contribution in [3.63, 3.8) is 0 Å². The highest BCUT2D eigenvalue weighted by Gasteiger charge is 2.17. The molecule has 0 bridgehead atoms. The Balaban J connectivity index is 2.92. The number of sulfonamides is 1. The second-order valence-corrected chi connectivity index (χ2v) is 8.03. The molecule has 1 atom stereocenters. The number of rotatable bonds is 7. The van der Waals surface area contributed by atoms with Crippen LogP contribution >= 0.6 is 24.0 Å². The van der Waals surface area contributed by atoms with Crippen LogP contribution < -0.4 is 10.5 Å². The van der Waals surface area contributed by atoms with E-state index >= 15 is 0 Å². The van der Waals surface area contributed by atoms with Crippen molar-refractivity contribution in [2.24, 2.45) is 5.73 Å². The predicted molar refractivity (Wildman–Crippen MR) is 89.8 cm³/mol. The van der Waals surface area contributed by atoms with Gasteiger partial charge in [-0.05, 0) is 31.2 Å². The molecule has 0 aromatic heterocycles. The Hall–Kier alpha value is -0.630. The monoisotopic (exact) mass is 332 g/mol. The third-order valence-corrected chi connectivity index (χ3v) is 5.89. The molecule has 1 rings (SSSR count). The molecule has 0 spiro atoms. The van der Waals surface area contributed by atoms with Crippen LogP contribution in [-0.2, 0) is 10.0 Å². The molecule has 0 aliphatic carbocycles. The maximum atomic E-state index is 12.3. The molecular formula is C13H20N2O2S3. The molecule has 0 aliphatic rings. The smallest absolute Gasteiger partial charge is 0.240 e. The summed E-state index contributed by atoms with van der Waals surface area (Å²) in [6, 6.07) is 4.97. The topological polar surface area (TPSA) is 72.2 Å². The van der Waals surface area contributed by atoms with E-state index in [0.717, 1.165) is 6.42 Å². The molecule has 20 heavy (non-hydrogen) atoms. The molecule has 3 N–H and O–H groups in total. The summed E-state index contributed by atoms with van der Waals surface area (Å²) < 4.78 is 27.2. The van der Waals surface area contributed by atoms with Crippen LogP contribution in [0.2, 0.25) is 0 Å². The molecule has 0 fully saturated rings. The molecular weight excluding hydrogens is 312 g/mol. The largest absolute Gasteiger partial charge is 0.389 e. The van der Waals surface area contributed by atoms with Gasteiger partial charge < -0.3 is 5.73 Å². The van der Waals surface area contributed by atoms with E-state index in [9.17, 15) is 8.42 Å². The average Bonchev–Trinajstić information content (AvgIpc) is 2.38. The highest BCUT2D eigenvalue weighted by molar-refractivity contribution is 7.99. The zero-order chi connectivity index (χ0) is 15.3. The number of nitrogens with two attached hydrogens (primary N) is 1. The minimum absolute atomic E-state index is 0.192. The van der Waals surface area contributed by atoms with Crippen molar-refractivity contribution in [3.8, 4) is 0 Å². The Morgan fingerprint density at radius 3 is 2.70 bits per heavy atom. The van der Waals surface area contributed by atoms with Crippen molar-refractivity contribution < 1.29 is 8.42 Å². The molecule has 0 amide bonds. The Labute approximate surface area is 130 Å². The van der Waals surface area contributed by atoms with E-state index in [2.05, 4.69) is 11.6 Å². The van der Waals surface area contributed by atoms with Gasteiger partial charge in [0.25, 0.3) is 0 Å². The second kappa shape index (κ2) is 7.40. The summed E-state index contributed by atoms with van der Waals surface area (Å²) in [6.07, 6.45) is 2.80.